The van der Waals surface area contributed by atoms with Gasteiger partial charge in [0, 0.05) is 12.5 Å². The van der Waals surface area contributed by atoms with Crippen LogP contribution >= 0.6 is 0 Å². The summed E-state index contributed by atoms with van der Waals surface area (Å²) in [5, 5.41) is -0.665. The molecule has 1 aliphatic rings. The third-order valence-corrected chi connectivity index (χ3v) is 7.01. The number of ether oxygens (including phenoxy) is 1. The van der Waals surface area contributed by atoms with Gasteiger partial charge in [-0.3, -0.25) is 0 Å². The third kappa shape index (κ3) is 2.88. The maximum atomic E-state index is 13.1. The first-order valence-electron chi connectivity index (χ1n) is 8.13. The summed E-state index contributed by atoms with van der Waals surface area (Å²) in [6, 6.07) is 16.4. The van der Waals surface area contributed by atoms with E-state index in [1.54, 1.807) is 30.3 Å². The Kier molecular flexibility index (Phi) is 4.51. The molecule has 1 aliphatic carbocycles. The van der Waals surface area contributed by atoms with E-state index in [1.807, 2.05) is 38.1 Å². The van der Waals surface area contributed by atoms with Crippen LogP contribution in [0.2, 0.25) is 0 Å². The van der Waals surface area contributed by atoms with Crippen molar-refractivity contribution >= 4 is 9.84 Å². The molecule has 1 saturated carbocycles. The lowest BCUT2D eigenvalue weighted by Crippen LogP contribution is -2.36. The molecule has 1 fully saturated rings. The summed E-state index contributed by atoms with van der Waals surface area (Å²) in [6.45, 7) is 4.63. The lowest BCUT2D eigenvalue weighted by Gasteiger charge is -2.12. The van der Waals surface area contributed by atoms with Gasteiger partial charge >= 0.3 is 0 Å². The van der Waals surface area contributed by atoms with Crippen LogP contribution in [0.1, 0.15) is 24.0 Å². The van der Waals surface area contributed by atoms with Crippen molar-refractivity contribution < 1.29 is 13.2 Å². The maximum Gasteiger partial charge on any atom is 0.183 e. The van der Waals surface area contributed by atoms with Crippen LogP contribution in [0.5, 0.6) is 0 Å². The molecular weight excluding hydrogens is 322 g/mol. The van der Waals surface area contributed by atoms with Crippen LogP contribution in [-0.2, 0) is 14.6 Å². The minimum absolute atomic E-state index is 0.235. The number of benzene rings is 2. The van der Waals surface area contributed by atoms with Gasteiger partial charge in [-0.1, -0.05) is 48.0 Å². The van der Waals surface area contributed by atoms with E-state index in [-0.39, 0.29) is 12.5 Å². The highest BCUT2D eigenvalue weighted by Crippen LogP contribution is 2.55. The Hall–Kier alpha value is -1.69. The zero-order chi connectivity index (χ0) is 17.4. The van der Waals surface area contributed by atoms with Crippen molar-refractivity contribution in [2.45, 2.75) is 35.4 Å². The molecule has 2 aromatic rings. The number of nitrogens with two attached hydrogens (primary N) is 1. The van der Waals surface area contributed by atoms with E-state index >= 15 is 0 Å². The molecule has 24 heavy (non-hydrogen) atoms. The average Bonchev–Trinajstić information content (AvgIpc) is 3.21. The molecule has 0 bridgehead atoms. The molecule has 0 saturated heterocycles. The second-order valence-corrected chi connectivity index (χ2v) is 8.49. The Labute approximate surface area is 143 Å². The molecule has 2 aromatic carbocycles. The highest BCUT2D eigenvalue weighted by Gasteiger charge is 2.69. The quantitative estimate of drug-likeness (QED) is 0.874. The molecule has 0 heterocycles. The number of rotatable bonds is 6. The van der Waals surface area contributed by atoms with Crippen molar-refractivity contribution in [2.75, 3.05) is 13.2 Å². The molecule has 3 atom stereocenters. The van der Waals surface area contributed by atoms with Crippen molar-refractivity contribution in [3.05, 3.63) is 65.7 Å². The Balaban J connectivity index is 1.99. The second-order valence-electron chi connectivity index (χ2n) is 6.42. The van der Waals surface area contributed by atoms with Gasteiger partial charge in [0.05, 0.1) is 22.3 Å². The Morgan fingerprint density at radius 3 is 2.29 bits per heavy atom. The summed E-state index contributed by atoms with van der Waals surface area (Å²) in [5.41, 5.74) is 7.71. The summed E-state index contributed by atoms with van der Waals surface area (Å²) in [5.74, 6) is -0.255. The van der Waals surface area contributed by atoms with Gasteiger partial charge in [0.2, 0.25) is 0 Å². The molecular formula is C19H23NO3S. The first-order valence-corrected chi connectivity index (χ1v) is 9.68. The van der Waals surface area contributed by atoms with Crippen LogP contribution in [0, 0.1) is 6.92 Å². The van der Waals surface area contributed by atoms with Crippen molar-refractivity contribution in [3.8, 4) is 0 Å². The van der Waals surface area contributed by atoms with Crippen molar-refractivity contribution in [1.29, 1.82) is 0 Å². The predicted molar refractivity (Wildman–Crippen MR) is 94.7 cm³/mol. The summed E-state index contributed by atoms with van der Waals surface area (Å²) < 4.78 is 31.7. The third-order valence-electron chi connectivity index (χ3n) is 4.70. The van der Waals surface area contributed by atoms with Crippen molar-refractivity contribution in [1.82, 2.24) is 0 Å². The van der Waals surface area contributed by atoms with Crippen LogP contribution in [0.25, 0.3) is 0 Å². The minimum Gasteiger partial charge on any atom is -0.380 e. The molecule has 0 unspecified atom stereocenters. The highest BCUT2D eigenvalue weighted by molar-refractivity contribution is 7.92. The van der Waals surface area contributed by atoms with Crippen LogP contribution < -0.4 is 5.73 Å². The van der Waals surface area contributed by atoms with E-state index in [1.165, 1.54) is 0 Å². The van der Waals surface area contributed by atoms with Gasteiger partial charge in [0.25, 0.3) is 0 Å². The number of aryl methyl sites for hydroxylation is 1. The number of sulfone groups is 1. The first kappa shape index (κ1) is 17.1. The standard InChI is InChI=1S/C19H23NO3S/c1-3-23-13-19(20)17(15-11-9-14(2)10-12-15)18(19)24(21,22)16-7-5-4-6-8-16/h4-12,17-18H,3,13,20H2,1-2H3/t17-,18+,19+/m1/s1. The normalized spacial score (nSPS) is 26.3. The lowest BCUT2D eigenvalue weighted by atomic mass is 10.1. The maximum absolute atomic E-state index is 13.1. The Morgan fingerprint density at radius 2 is 1.71 bits per heavy atom. The molecule has 2 N–H and O–H groups in total. The average molecular weight is 345 g/mol. The molecule has 0 amide bonds. The van der Waals surface area contributed by atoms with E-state index in [0.717, 1.165) is 11.1 Å². The molecule has 3 rings (SSSR count). The molecule has 4 nitrogen and oxygen atoms in total. The van der Waals surface area contributed by atoms with E-state index in [9.17, 15) is 8.42 Å². The smallest absolute Gasteiger partial charge is 0.183 e. The summed E-state index contributed by atoms with van der Waals surface area (Å²) in [4.78, 5) is 0.316. The summed E-state index contributed by atoms with van der Waals surface area (Å²) in [6.07, 6.45) is 0. The summed E-state index contributed by atoms with van der Waals surface area (Å²) in [7, 11) is -3.52. The Bertz CT molecular complexity index is 802. The van der Waals surface area contributed by atoms with Gasteiger partial charge < -0.3 is 10.5 Å². The van der Waals surface area contributed by atoms with Gasteiger partial charge in [0.1, 0.15) is 0 Å². The van der Waals surface area contributed by atoms with Gasteiger partial charge in [-0.2, -0.15) is 0 Å². The van der Waals surface area contributed by atoms with Crippen LogP contribution in [0.15, 0.2) is 59.5 Å². The molecule has 128 valence electrons. The van der Waals surface area contributed by atoms with Crippen LogP contribution in [0.4, 0.5) is 0 Å². The Morgan fingerprint density at radius 1 is 1.08 bits per heavy atom. The van der Waals surface area contributed by atoms with E-state index in [0.29, 0.717) is 11.5 Å². The zero-order valence-corrected chi connectivity index (χ0v) is 14.8. The highest BCUT2D eigenvalue weighted by atomic mass is 32.2. The monoisotopic (exact) mass is 345 g/mol. The SMILES string of the molecule is CCOC[C@]1(N)[C@H](c2ccc(C)cc2)[C@@H]1S(=O)(=O)c1ccccc1. The molecule has 0 aliphatic heterocycles. The van der Waals surface area contributed by atoms with Gasteiger partial charge in [0.15, 0.2) is 9.84 Å². The number of hydrogen-bond acceptors (Lipinski definition) is 4. The molecule has 0 radical (unpaired) electrons. The van der Waals surface area contributed by atoms with Gasteiger partial charge in [-0.05, 0) is 31.5 Å². The van der Waals surface area contributed by atoms with Gasteiger partial charge in [-0.15, -0.1) is 0 Å². The van der Waals surface area contributed by atoms with Gasteiger partial charge in [-0.25, -0.2) is 8.42 Å². The van der Waals surface area contributed by atoms with Crippen LogP contribution in [0.3, 0.4) is 0 Å². The molecule has 5 heteroatoms. The van der Waals surface area contributed by atoms with Crippen LogP contribution in [-0.4, -0.2) is 32.4 Å². The van der Waals surface area contributed by atoms with E-state index < -0.39 is 20.6 Å². The van der Waals surface area contributed by atoms with E-state index in [2.05, 4.69) is 0 Å². The topological polar surface area (TPSA) is 69.4 Å². The lowest BCUT2D eigenvalue weighted by molar-refractivity contribution is 0.125. The van der Waals surface area contributed by atoms with Crippen molar-refractivity contribution in [3.63, 3.8) is 0 Å². The summed E-state index contributed by atoms with van der Waals surface area (Å²) >= 11 is 0. The van der Waals surface area contributed by atoms with Crippen molar-refractivity contribution in [2.24, 2.45) is 5.73 Å². The fraction of sp³-hybridized carbons (Fsp3) is 0.368. The number of hydrogen-bond donors (Lipinski definition) is 1. The fourth-order valence-electron chi connectivity index (χ4n) is 3.36. The predicted octanol–water partition coefficient (Wildman–Crippen LogP) is 2.67. The zero-order valence-electron chi connectivity index (χ0n) is 14.0. The molecule has 0 aromatic heterocycles. The first-order chi connectivity index (χ1) is 11.4. The molecule has 0 spiro atoms. The largest absolute Gasteiger partial charge is 0.380 e. The van der Waals surface area contributed by atoms with E-state index in [4.69, 9.17) is 10.5 Å². The minimum atomic E-state index is -3.52. The fourth-order valence-corrected chi connectivity index (χ4v) is 5.67. The second kappa shape index (κ2) is 6.31.